The largest absolute Gasteiger partial charge is 0.468 e. The minimum atomic E-state index is -0.475. The number of hydrogen-bond acceptors (Lipinski definition) is 6. The van der Waals surface area contributed by atoms with Crippen molar-refractivity contribution in [2.45, 2.75) is 0 Å². The van der Waals surface area contributed by atoms with E-state index < -0.39 is 4.92 Å². The van der Waals surface area contributed by atoms with Crippen molar-refractivity contribution in [1.29, 1.82) is 0 Å². The molecule has 0 saturated heterocycles. The van der Waals surface area contributed by atoms with Gasteiger partial charge in [0.15, 0.2) is 18.3 Å². The van der Waals surface area contributed by atoms with Gasteiger partial charge in [0.05, 0.1) is 17.0 Å². The van der Waals surface area contributed by atoms with Crippen molar-refractivity contribution in [1.82, 2.24) is 0 Å². The van der Waals surface area contributed by atoms with Crippen molar-refractivity contribution >= 4 is 22.9 Å². The Morgan fingerprint density at radius 3 is 2.24 bits per heavy atom. The third kappa shape index (κ3) is 2.37. The van der Waals surface area contributed by atoms with Gasteiger partial charge in [-0.2, -0.15) is 0 Å². The Balaban J connectivity index is 1.66. The summed E-state index contributed by atoms with van der Waals surface area (Å²) in [7, 11) is 0. The molecule has 0 unspecified atom stereocenters. The molecule has 2 aromatic rings. The van der Waals surface area contributed by atoms with Crippen LogP contribution >= 0.6 is 0 Å². The summed E-state index contributed by atoms with van der Waals surface area (Å²) in [4.78, 5) is 37.3. The number of nitro groups is 1. The summed E-state index contributed by atoms with van der Waals surface area (Å²) >= 11 is 0. The number of benzene rings is 2. The summed E-state index contributed by atoms with van der Waals surface area (Å²) in [6, 6.07) is 12.6. The van der Waals surface area contributed by atoms with Gasteiger partial charge in [-0.05, 0) is 12.1 Å². The molecule has 1 heterocycles. The second-order valence-electron chi connectivity index (χ2n) is 5.76. The van der Waals surface area contributed by atoms with Crippen LogP contribution in [0.4, 0.5) is 11.4 Å². The molecule has 2 aliphatic rings. The zero-order valence-corrected chi connectivity index (χ0v) is 13.0. The molecule has 25 heavy (non-hydrogen) atoms. The maximum atomic E-state index is 12.7. The fourth-order valence-electron chi connectivity index (χ4n) is 3.03. The van der Waals surface area contributed by atoms with Gasteiger partial charge >= 0.3 is 0 Å². The number of Topliss-reactive ketones (excluding diaryl/α,β-unsaturated/α-hetero) is 2. The molecule has 0 N–H and O–H groups in total. The van der Waals surface area contributed by atoms with Gasteiger partial charge in [0.2, 0.25) is 5.78 Å². The molecule has 0 spiro atoms. The molecule has 124 valence electrons. The average Bonchev–Trinajstić information content (AvgIpc) is 2.66. The Morgan fingerprint density at radius 2 is 1.60 bits per heavy atom. The number of hydrogen-bond donors (Lipinski definition) is 0. The van der Waals surface area contributed by atoms with Crippen LogP contribution in [0.3, 0.4) is 0 Å². The Kier molecular flexibility index (Phi) is 3.35. The monoisotopic (exact) mass is 336 g/mol. The normalized spacial score (nSPS) is 16.2. The Bertz CT molecular complexity index is 946. The predicted octanol–water partition coefficient (Wildman–Crippen LogP) is 2.72. The Labute approximate surface area is 142 Å². The quantitative estimate of drug-likeness (QED) is 0.619. The molecule has 7 nitrogen and oxygen atoms in total. The summed E-state index contributed by atoms with van der Waals surface area (Å²) in [6.07, 6.45) is 0. The van der Waals surface area contributed by atoms with E-state index in [1.54, 1.807) is 41.3 Å². The number of carbonyl (C=O) groups is 2. The highest BCUT2D eigenvalue weighted by Gasteiger charge is 2.36. The highest BCUT2D eigenvalue weighted by Crippen LogP contribution is 2.32. The average molecular weight is 336 g/mol. The van der Waals surface area contributed by atoms with Crippen molar-refractivity contribution in [2.24, 2.45) is 0 Å². The number of anilines is 1. The number of nitrogens with zero attached hydrogens (tertiary/aromatic N) is 2. The van der Waals surface area contributed by atoms with Crippen LogP contribution in [0.1, 0.15) is 20.7 Å². The molecule has 0 atom stereocenters. The van der Waals surface area contributed by atoms with Crippen LogP contribution in [0.15, 0.2) is 59.9 Å². The molecule has 4 rings (SSSR count). The smallest absolute Gasteiger partial charge is 0.269 e. The first-order valence-electron chi connectivity index (χ1n) is 7.60. The number of nitro benzene ring substituents is 1. The Hall–Kier alpha value is -3.48. The van der Waals surface area contributed by atoms with E-state index in [1.807, 2.05) is 0 Å². The number of ether oxygens (including phenoxy) is 1. The maximum Gasteiger partial charge on any atom is 0.269 e. The zero-order chi connectivity index (χ0) is 17.6. The van der Waals surface area contributed by atoms with Crippen LogP contribution in [-0.2, 0) is 4.74 Å². The summed E-state index contributed by atoms with van der Waals surface area (Å²) in [6.45, 7) is 0.309. The summed E-state index contributed by atoms with van der Waals surface area (Å²) < 4.78 is 5.57. The lowest BCUT2D eigenvalue weighted by Gasteiger charge is -2.33. The van der Waals surface area contributed by atoms with Gasteiger partial charge in [0, 0.05) is 28.9 Å². The molecule has 0 fully saturated rings. The van der Waals surface area contributed by atoms with E-state index in [0.717, 1.165) is 0 Å². The lowest BCUT2D eigenvalue weighted by Crippen LogP contribution is -2.39. The minimum Gasteiger partial charge on any atom is -0.468 e. The van der Waals surface area contributed by atoms with Crippen LogP contribution in [0.25, 0.3) is 0 Å². The molecule has 0 amide bonds. The van der Waals surface area contributed by atoms with E-state index in [9.17, 15) is 19.7 Å². The number of non-ortho nitro benzene ring substituents is 1. The Morgan fingerprint density at radius 1 is 0.960 bits per heavy atom. The van der Waals surface area contributed by atoms with Crippen LogP contribution in [0.5, 0.6) is 0 Å². The van der Waals surface area contributed by atoms with Crippen LogP contribution in [-0.4, -0.2) is 29.8 Å². The SMILES string of the molecule is O=C1C2=C(OCN(c3ccc([N+](=O)[O-])cc3)C2)C(=O)c2ccccc21. The number of fused-ring (bicyclic) bond motifs is 1. The lowest BCUT2D eigenvalue weighted by molar-refractivity contribution is -0.384. The number of rotatable bonds is 2. The first-order valence-corrected chi connectivity index (χ1v) is 7.60. The molecule has 7 heteroatoms. The fraction of sp³-hybridized carbons (Fsp3) is 0.111. The van der Waals surface area contributed by atoms with Crippen molar-refractivity contribution in [2.75, 3.05) is 18.2 Å². The van der Waals surface area contributed by atoms with E-state index in [4.69, 9.17) is 4.74 Å². The highest BCUT2D eigenvalue weighted by molar-refractivity contribution is 6.26. The van der Waals surface area contributed by atoms with E-state index in [1.165, 1.54) is 12.1 Å². The molecule has 0 aromatic heterocycles. The third-order valence-corrected chi connectivity index (χ3v) is 4.31. The topological polar surface area (TPSA) is 89.8 Å². The third-order valence-electron chi connectivity index (χ3n) is 4.31. The van der Waals surface area contributed by atoms with E-state index >= 15 is 0 Å². The van der Waals surface area contributed by atoms with Crippen molar-refractivity contribution in [3.63, 3.8) is 0 Å². The van der Waals surface area contributed by atoms with Crippen LogP contribution < -0.4 is 4.90 Å². The van der Waals surface area contributed by atoms with Crippen LogP contribution in [0.2, 0.25) is 0 Å². The molecule has 1 aliphatic carbocycles. The van der Waals surface area contributed by atoms with Crippen molar-refractivity contribution < 1.29 is 19.2 Å². The van der Waals surface area contributed by atoms with Gasteiger partial charge in [-0.3, -0.25) is 19.7 Å². The van der Waals surface area contributed by atoms with Gasteiger partial charge in [-0.1, -0.05) is 24.3 Å². The van der Waals surface area contributed by atoms with Gasteiger partial charge in [0.25, 0.3) is 5.69 Å². The first kappa shape index (κ1) is 15.1. The fourth-order valence-corrected chi connectivity index (χ4v) is 3.03. The van der Waals surface area contributed by atoms with E-state index in [-0.39, 0.29) is 36.3 Å². The summed E-state index contributed by atoms with van der Waals surface area (Å²) in [5.74, 6) is -0.410. The number of allylic oxidation sites excluding steroid dienone is 1. The second kappa shape index (κ2) is 5.55. The predicted molar refractivity (Wildman–Crippen MR) is 88.5 cm³/mol. The standard InChI is InChI=1S/C18H12N2O5/c21-16-13-3-1-2-4-14(13)17(22)18-15(16)9-19(10-25-18)11-5-7-12(8-6-11)20(23)24/h1-8H,9-10H2. The molecule has 0 bridgehead atoms. The van der Waals surface area contributed by atoms with Gasteiger partial charge < -0.3 is 9.64 Å². The van der Waals surface area contributed by atoms with Gasteiger partial charge in [-0.15, -0.1) is 0 Å². The molecule has 0 radical (unpaired) electrons. The lowest BCUT2D eigenvalue weighted by atomic mass is 9.87. The number of carbonyl (C=O) groups excluding carboxylic acids is 2. The van der Waals surface area contributed by atoms with Gasteiger partial charge in [0.1, 0.15) is 0 Å². The maximum absolute atomic E-state index is 12.7. The molecule has 1 aliphatic heterocycles. The molecular weight excluding hydrogens is 324 g/mol. The van der Waals surface area contributed by atoms with Gasteiger partial charge in [-0.25, -0.2) is 0 Å². The highest BCUT2D eigenvalue weighted by atomic mass is 16.6. The molecule has 2 aromatic carbocycles. The van der Waals surface area contributed by atoms with Crippen molar-refractivity contribution in [3.8, 4) is 0 Å². The van der Waals surface area contributed by atoms with E-state index in [2.05, 4.69) is 0 Å². The zero-order valence-electron chi connectivity index (χ0n) is 13.0. The number of ketones is 2. The molecular formula is C18H12N2O5. The second-order valence-corrected chi connectivity index (χ2v) is 5.76. The summed E-state index contributed by atoms with van der Waals surface area (Å²) in [5, 5.41) is 10.7. The van der Waals surface area contributed by atoms with Crippen LogP contribution in [0, 0.1) is 10.1 Å². The minimum absolute atomic E-state index is 0.0144. The first-order chi connectivity index (χ1) is 12.1. The van der Waals surface area contributed by atoms with Crippen molar-refractivity contribution in [3.05, 3.63) is 81.1 Å². The molecule has 0 saturated carbocycles. The summed E-state index contributed by atoms with van der Waals surface area (Å²) in [5.41, 5.74) is 1.71. The van der Waals surface area contributed by atoms with E-state index in [0.29, 0.717) is 22.4 Å².